The van der Waals surface area contributed by atoms with Gasteiger partial charge in [0, 0.05) is 5.33 Å². The zero-order chi connectivity index (χ0) is 9.84. The van der Waals surface area contributed by atoms with Crippen molar-refractivity contribution in [3.63, 3.8) is 0 Å². The Morgan fingerprint density at radius 1 is 1.62 bits per heavy atom. The molecule has 0 saturated heterocycles. The van der Waals surface area contributed by atoms with E-state index in [-0.39, 0.29) is 10.8 Å². The fourth-order valence-electron chi connectivity index (χ4n) is 0.925. The van der Waals surface area contributed by atoms with Gasteiger partial charge >= 0.3 is 0 Å². The summed E-state index contributed by atoms with van der Waals surface area (Å²) in [7, 11) is 0. The minimum atomic E-state index is -0.377. The van der Waals surface area contributed by atoms with E-state index in [9.17, 15) is 4.39 Å². The molecule has 3 heteroatoms. The van der Waals surface area contributed by atoms with E-state index in [0.29, 0.717) is 0 Å². The van der Waals surface area contributed by atoms with Crippen molar-refractivity contribution in [2.24, 2.45) is 0 Å². The standard InChI is InChI=1S/C10H9BrClF/c1-7(6-11)4-8-2-3-9(12)10(13)5-8/h2-5H,6H2,1H3/b7-4-. The van der Waals surface area contributed by atoms with Crippen molar-refractivity contribution in [3.05, 3.63) is 40.2 Å². The lowest BCUT2D eigenvalue weighted by molar-refractivity contribution is 0.628. The first-order valence-corrected chi connectivity index (χ1v) is 5.31. The van der Waals surface area contributed by atoms with E-state index >= 15 is 0 Å². The minimum absolute atomic E-state index is 0.161. The van der Waals surface area contributed by atoms with E-state index in [1.165, 1.54) is 6.07 Å². The molecular weight excluding hydrogens is 254 g/mol. The third kappa shape index (κ3) is 3.12. The highest BCUT2D eigenvalue weighted by Crippen LogP contribution is 2.17. The SMILES string of the molecule is C/C(=C/c1ccc(Cl)c(F)c1)CBr. The van der Waals surface area contributed by atoms with Gasteiger partial charge in [0.15, 0.2) is 0 Å². The molecule has 70 valence electrons. The monoisotopic (exact) mass is 262 g/mol. The van der Waals surface area contributed by atoms with E-state index in [0.717, 1.165) is 16.5 Å². The molecule has 0 aliphatic rings. The molecule has 0 aliphatic heterocycles. The number of allylic oxidation sites excluding steroid dienone is 1. The first-order chi connectivity index (χ1) is 6.13. The van der Waals surface area contributed by atoms with E-state index in [2.05, 4.69) is 15.9 Å². The molecule has 0 amide bonds. The smallest absolute Gasteiger partial charge is 0.142 e. The topological polar surface area (TPSA) is 0 Å². The van der Waals surface area contributed by atoms with Gasteiger partial charge in [-0.2, -0.15) is 0 Å². The average Bonchev–Trinajstić information content (AvgIpc) is 2.11. The van der Waals surface area contributed by atoms with Crippen LogP contribution in [-0.4, -0.2) is 5.33 Å². The number of halogens is 3. The van der Waals surface area contributed by atoms with Crippen molar-refractivity contribution in [2.45, 2.75) is 6.92 Å². The van der Waals surface area contributed by atoms with Gasteiger partial charge in [0.1, 0.15) is 5.82 Å². The second-order valence-corrected chi connectivity index (χ2v) is 3.77. The van der Waals surface area contributed by atoms with E-state index < -0.39 is 0 Å². The predicted octanol–water partition coefficient (Wildman–Crippen LogP) is 4.28. The van der Waals surface area contributed by atoms with Gasteiger partial charge < -0.3 is 0 Å². The summed E-state index contributed by atoms with van der Waals surface area (Å²) in [5.41, 5.74) is 1.97. The Morgan fingerprint density at radius 3 is 2.85 bits per heavy atom. The lowest BCUT2D eigenvalue weighted by Gasteiger charge is -1.98. The van der Waals surface area contributed by atoms with Crippen molar-refractivity contribution >= 4 is 33.6 Å². The van der Waals surface area contributed by atoms with Crippen LogP contribution in [0.2, 0.25) is 5.02 Å². The molecule has 0 fully saturated rings. The summed E-state index contributed by atoms with van der Waals surface area (Å²) in [6.07, 6.45) is 1.91. The zero-order valence-electron chi connectivity index (χ0n) is 7.15. The average molecular weight is 264 g/mol. The lowest BCUT2D eigenvalue weighted by Crippen LogP contribution is -1.81. The van der Waals surface area contributed by atoms with E-state index in [1.54, 1.807) is 12.1 Å². The van der Waals surface area contributed by atoms with Crippen LogP contribution in [0.25, 0.3) is 6.08 Å². The summed E-state index contributed by atoms with van der Waals surface area (Å²) < 4.78 is 13.0. The highest BCUT2D eigenvalue weighted by Gasteiger charge is 1.98. The van der Waals surface area contributed by atoms with Crippen LogP contribution in [0.5, 0.6) is 0 Å². The maximum atomic E-state index is 13.0. The summed E-state index contributed by atoms with van der Waals surface area (Å²) in [5, 5.41) is 0.950. The number of benzene rings is 1. The van der Waals surface area contributed by atoms with Crippen molar-refractivity contribution in [2.75, 3.05) is 5.33 Å². The van der Waals surface area contributed by atoms with Gasteiger partial charge in [-0.15, -0.1) is 0 Å². The number of rotatable bonds is 2. The highest BCUT2D eigenvalue weighted by atomic mass is 79.9. The molecule has 0 unspecified atom stereocenters. The molecule has 0 radical (unpaired) electrons. The van der Waals surface area contributed by atoms with E-state index in [1.807, 2.05) is 13.0 Å². The molecule has 0 N–H and O–H groups in total. The van der Waals surface area contributed by atoms with Crippen LogP contribution in [0.1, 0.15) is 12.5 Å². The number of alkyl halides is 1. The van der Waals surface area contributed by atoms with Gasteiger partial charge in [0.2, 0.25) is 0 Å². The molecule has 1 aromatic carbocycles. The van der Waals surface area contributed by atoms with Crippen LogP contribution in [-0.2, 0) is 0 Å². The normalized spacial score (nSPS) is 11.8. The summed E-state index contributed by atoms with van der Waals surface area (Å²) >= 11 is 8.86. The number of hydrogen-bond donors (Lipinski definition) is 0. The van der Waals surface area contributed by atoms with Gasteiger partial charge in [0.25, 0.3) is 0 Å². The van der Waals surface area contributed by atoms with Crippen LogP contribution in [0.3, 0.4) is 0 Å². The third-order valence-corrected chi connectivity index (χ3v) is 2.76. The second kappa shape index (κ2) is 4.77. The highest BCUT2D eigenvalue weighted by molar-refractivity contribution is 9.09. The molecule has 13 heavy (non-hydrogen) atoms. The molecule has 0 nitrogen and oxygen atoms in total. The Balaban J connectivity index is 2.98. The molecule has 0 saturated carbocycles. The van der Waals surface area contributed by atoms with Crippen LogP contribution >= 0.6 is 27.5 Å². The Hall–Kier alpha value is -0.340. The quantitative estimate of drug-likeness (QED) is 0.699. The zero-order valence-corrected chi connectivity index (χ0v) is 9.49. The van der Waals surface area contributed by atoms with Crippen LogP contribution in [0.4, 0.5) is 4.39 Å². The fourth-order valence-corrected chi connectivity index (χ4v) is 1.20. The molecule has 0 atom stereocenters. The lowest BCUT2D eigenvalue weighted by atomic mass is 10.1. The molecule has 0 heterocycles. The van der Waals surface area contributed by atoms with Crippen molar-refractivity contribution < 1.29 is 4.39 Å². The van der Waals surface area contributed by atoms with Gasteiger partial charge in [-0.3, -0.25) is 0 Å². The molecule has 0 spiro atoms. The Kier molecular flexibility index (Phi) is 3.94. The summed E-state index contributed by atoms with van der Waals surface area (Å²) in [6, 6.07) is 4.77. The predicted molar refractivity (Wildman–Crippen MR) is 58.9 cm³/mol. The van der Waals surface area contributed by atoms with Crippen LogP contribution in [0, 0.1) is 5.82 Å². The maximum Gasteiger partial charge on any atom is 0.142 e. The minimum Gasteiger partial charge on any atom is -0.205 e. The van der Waals surface area contributed by atoms with Crippen molar-refractivity contribution in [1.29, 1.82) is 0 Å². The van der Waals surface area contributed by atoms with Gasteiger partial charge in [-0.05, 0) is 24.6 Å². The molecule has 0 aliphatic carbocycles. The molecule has 0 bridgehead atoms. The summed E-state index contributed by atoms with van der Waals surface area (Å²) in [4.78, 5) is 0. The molecule has 1 aromatic rings. The maximum absolute atomic E-state index is 13.0. The van der Waals surface area contributed by atoms with Crippen LogP contribution < -0.4 is 0 Å². The Labute approximate surface area is 90.5 Å². The molecular formula is C10H9BrClF. The van der Waals surface area contributed by atoms with Crippen molar-refractivity contribution in [1.82, 2.24) is 0 Å². The largest absolute Gasteiger partial charge is 0.205 e. The Bertz CT molecular complexity index is 334. The van der Waals surface area contributed by atoms with Gasteiger partial charge in [0.05, 0.1) is 5.02 Å². The van der Waals surface area contributed by atoms with Crippen molar-refractivity contribution in [3.8, 4) is 0 Å². The third-order valence-electron chi connectivity index (χ3n) is 1.57. The van der Waals surface area contributed by atoms with Crippen LogP contribution in [0.15, 0.2) is 23.8 Å². The summed E-state index contributed by atoms with van der Waals surface area (Å²) in [5.74, 6) is -0.377. The molecule has 0 aromatic heterocycles. The first kappa shape index (κ1) is 10.7. The van der Waals surface area contributed by atoms with Gasteiger partial charge in [-0.25, -0.2) is 4.39 Å². The first-order valence-electron chi connectivity index (χ1n) is 3.81. The Morgan fingerprint density at radius 2 is 2.31 bits per heavy atom. The second-order valence-electron chi connectivity index (χ2n) is 2.80. The summed E-state index contributed by atoms with van der Waals surface area (Å²) in [6.45, 7) is 1.97. The van der Waals surface area contributed by atoms with E-state index in [4.69, 9.17) is 11.6 Å². The fraction of sp³-hybridized carbons (Fsp3) is 0.200. The van der Waals surface area contributed by atoms with Gasteiger partial charge in [-0.1, -0.05) is 45.2 Å². The number of hydrogen-bond acceptors (Lipinski definition) is 0. The molecule has 1 rings (SSSR count).